The van der Waals surface area contributed by atoms with Gasteiger partial charge in [-0.15, -0.1) is 0 Å². The number of rotatable bonds is 2. The Morgan fingerprint density at radius 2 is 1.74 bits per heavy atom. The van der Waals surface area contributed by atoms with Crippen LogP contribution in [0.3, 0.4) is 0 Å². The standard InChI is InChI=1S/C15H12N2OS/c19-15(17-14-9-4-10-18-14)16-13-8-3-6-11-5-1-2-7-12(11)13/h1-10H,(H2,16,17,19). The van der Waals surface area contributed by atoms with Gasteiger partial charge in [0, 0.05) is 17.1 Å². The summed E-state index contributed by atoms with van der Waals surface area (Å²) in [6.45, 7) is 0. The average Bonchev–Trinajstić information content (AvgIpc) is 2.92. The van der Waals surface area contributed by atoms with Crippen molar-refractivity contribution in [1.82, 2.24) is 0 Å². The molecule has 0 fully saturated rings. The molecular formula is C15H12N2OS. The minimum absolute atomic E-state index is 0.506. The van der Waals surface area contributed by atoms with Crippen molar-refractivity contribution in [1.29, 1.82) is 0 Å². The third-order valence-electron chi connectivity index (χ3n) is 2.80. The summed E-state index contributed by atoms with van der Waals surface area (Å²) >= 11 is 5.26. The molecule has 0 radical (unpaired) electrons. The number of fused-ring (bicyclic) bond motifs is 1. The first-order valence-corrected chi connectivity index (χ1v) is 6.33. The number of hydrogen-bond donors (Lipinski definition) is 2. The normalized spacial score (nSPS) is 10.3. The predicted molar refractivity (Wildman–Crippen MR) is 82.5 cm³/mol. The van der Waals surface area contributed by atoms with E-state index < -0.39 is 0 Å². The molecule has 0 amide bonds. The molecule has 3 nitrogen and oxygen atoms in total. The Morgan fingerprint density at radius 3 is 2.58 bits per heavy atom. The van der Waals surface area contributed by atoms with E-state index in [2.05, 4.69) is 28.8 Å². The third-order valence-corrected chi connectivity index (χ3v) is 3.00. The van der Waals surface area contributed by atoms with Gasteiger partial charge in [0.2, 0.25) is 0 Å². The number of nitrogens with one attached hydrogen (secondary N) is 2. The quantitative estimate of drug-likeness (QED) is 0.682. The van der Waals surface area contributed by atoms with Crippen LogP contribution in [-0.2, 0) is 0 Å². The monoisotopic (exact) mass is 268 g/mol. The summed E-state index contributed by atoms with van der Waals surface area (Å²) in [5, 5.41) is 8.99. The summed E-state index contributed by atoms with van der Waals surface area (Å²) in [4.78, 5) is 0. The summed E-state index contributed by atoms with van der Waals surface area (Å²) in [6, 6.07) is 17.9. The second-order valence-corrected chi connectivity index (χ2v) is 4.49. The number of thiocarbonyl (C=S) groups is 1. The highest BCUT2D eigenvalue weighted by atomic mass is 32.1. The Balaban J connectivity index is 1.83. The fourth-order valence-corrected chi connectivity index (χ4v) is 2.16. The molecule has 0 atom stereocenters. The van der Waals surface area contributed by atoms with Crippen LogP contribution in [-0.4, -0.2) is 5.11 Å². The molecule has 4 heteroatoms. The molecule has 1 heterocycles. The van der Waals surface area contributed by atoms with Gasteiger partial charge in [0.25, 0.3) is 0 Å². The number of anilines is 2. The molecule has 19 heavy (non-hydrogen) atoms. The van der Waals surface area contributed by atoms with Crippen molar-refractivity contribution in [2.75, 3.05) is 10.6 Å². The summed E-state index contributed by atoms with van der Waals surface area (Å²) in [5.41, 5.74) is 0.974. The van der Waals surface area contributed by atoms with Gasteiger partial charge in [0.05, 0.1) is 6.26 Å². The van der Waals surface area contributed by atoms with Crippen LogP contribution in [0.15, 0.2) is 65.3 Å². The molecule has 1 aromatic heterocycles. The summed E-state index contributed by atoms with van der Waals surface area (Å²) in [7, 11) is 0. The molecule has 3 aromatic rings. The Hall–Kier alpha value is -2.33. The van der Waals surface area contributed by atoms with E-state index in [-0.39, 0.29) is 0 Å². The lowest BCUT2D eigenvalue weighted by Gasteiger charge is -2.11. The first kappa shape index (κ1) is 11.7. The van der Waals surface area contributed by atoms with E-state index in [9.17, 15) is 0 Å². The fourth-order valence-electron chi connectivity index (χ4n) is 1.95. The minimum atomic E-state index is 0.506. The van der Waals surface area contributed by atoms with Crippen molar-refractivity contribution in [2.45, 2.75) is 0 Å². The summed E-state index contributed by atoms with van der Waals surface area (Å²) < 4.78 is 5.19. The highest BCUT2D eigenvalue weighted by Gasteiger charge is 2.03. The summed E-state index contributed by atoms with van der Waals surface area (Å²) in [5.74, 6) is 0.623. The Labute approximate surface area is 116 Å². The van der Waals surface area contributed by atoms with Crippen molar-refractivity contribution >= 4 is 39.7 Å². The highest BCUT2D eigenvalue weighted by Crippen LogP contribution is 2.23. The van der Waals surface area contributed by atoms with Crippen molar-refractivity contribution in [2.24, 2.45) is 0 Å². The van der Waals surface area contributed by atoms with Gasteiger partial charge in [-0.2, -0.15) is 0 Å². The number of furan rings is 1. The zero-order valence-corrected chi connectivity index (χ0v) is 10.9. The maximum Gasteiger partial charge on any atom is 0.198 e. The fraction of sp³-hybridized carbons (Fsp3) is 0. The lowest BCUT2D eigenvalue weighted by molar-refractivity contribution is 0.586. The average molecular weight is 268 g/mol. The largest absolute Gasteiger partial charge is 0.449 e. The van der Waals surface area contributed by atoms with Crippen LogP contribution in [0.4, 0.5) is 11.6 Å². The van der Waals surface area contributed by atoms with E-state index in [4.69, 9.17) is 16.6 Å². The van der Waals surface area contributed by atoms with Crippen molar-refractivity contribution in [3.05, 3.63) is 60.9 Å². The maximum atomic E-state index is 5.26. The second-order valence-electron chi connectivity index (χ2n) is 4.08. The molecule has 0 bridgehead atoms. The van der Waals surface area contributed by atoms with E-state index in [0.29, 0.717) is 11.0 Å². The Kier molecular flexibility index (Phi) is 3.16. The van der Waals surface area contributed by atoms with Gasteiger partial charge in [0.1, 0.15) is 0 Å². The van der Waals surface area contributed by atoms with Crippen LogP contribution in [0.1, 0.15) is 0 Å². The van der Waals surface area contributed by atoms with E-state index in [1.54, 1.807) is 6.26 Å². The van der Waals surface area contributed by atoms with Gasteiger partial charge in [0.15, 0.2) is 11.0 Å². The lowest BCUT2D eigenvalue weighted by atomic mass is 10.1. The number of benzene rings is 2. The van der Waals surface area contributed by atoms with E-state index in [1.165, 1.54) is 5.39 Å². The Bertz CT molecular complexity index is 702. The first-order chi connectivity index (χ1) is 9.33. The molecule has 0 saturated heterocycles. The predicted octanol–water partition coefficient (Wildman–Crippen LogP) is 4.24. The molecule has 0 aliphatic carbocycles. The molecule has 0 spiro atoms. The molecule has 2 aromatic carbocycles. The van der Waals surface area contributed by atoms with Crippen molar-refractivity contribution in [3.63, 3.8) is 0 Å². The van der Waals surface area contributed by atoms with Crippen LogP contribution in [0, 0.1) is 0 Å². The minimum Gasteiger partial charge on any atom is -0.449 e. The van der Waals surface area contributed by atoms with E-state index in [1.807, 2.05) is 36.4 Å². The van der Waals surface area contributed by atoms with Crippen LogP contribution in [0.2, 0.25) is 0 Å². The number of hydrogen-bond acceptors (Lipinski definition) is 2. The van der Waals surface area contributed by atoms with Crippen molar-refractivity contribution < 1.29 is 4.42 Å². The zero-order valence-electron chi connectivity index (χ0n) is 10.1. The molecule has 0 unspecified atom stereocenters. The van der Waals surface area contributed by atoms with Gasteiger partial charge < -0.3 is 15.1 Å². The molecule has 0 aliphatic rings. The van der Waals surface area contributed by atoms with E-state index >= 15 is 0 Å². The first-order valence-electron chi connectivity index (χ1n) is 5.92. The smallest absolute Gasteiger partial charge is 0.198 e. The molecule has 2 N–H and O–H groups in total. The van der Waals surface area contributed by atoms with Gasteiger partial charge in [-0.05, 0) is 29.7 Å². The molecule has 94 valence electrons. The molecule has 3 rings (SSSR count). The molecular weight excluding hydrogens is 256 g/mol. The topological polar surface area (TPSA) is 37.2 Å². The van der Waals surface area contributed by atoms with Crippen LogP contribution >= 0.6 is 12.2 Å². The summed E-state index contributed by atoms with van der Waals surface area (Å²) in [6.07, 6.45) is 1.60. The van der Waals surface area contributed by atoms with Crippen LogP contribution < -0.4 is 10.6 Å². The SMILES string of the molecule is S=C(Nc1ccco1)Nc1cccc2ccccc12. The third kappa shape index (κ3) is 2.58. The van der Waals surface area contributed by atoms with Gasteiger partial charge in [-0.1, -0.05) is 36.4 Å². The zero-order chi connectivity index (χ0) is 13.1. The lowest BCUT2D eigenvalue weighted by Crippen LogP contribution is -2.18. The van der Waals surface area contributed by atoms with Gasteiger partial charge in [-0.25, -0.2) is 0 Å². The van der Waals surface area contributed by atoms with Crippen LogP contribution in [0.25, 0.3) is 10.8 Å². The van der Waals surface area contributed by atoms with E-state index in [0.717, 1.165) is 11.1 Å². The Morgan fingerprint density at radius 1 is 0.895 bits per heavy atom. The van der Waals surface area contributed by atoms with Crippen molar-refractivity contribution in [3.8, 4) is 0 Å². The maximum absolute atomic E-state index is 5.26. The molecule has 0 saturated carbocycles. The molecule has 0 aliphatic heterocycles. The second kappa shape index (κ2) is 5.12. The van der Waals surface area contributed by atoms with Gasteiger partial charge >= 0.3 is 0 Å². The highest BCUT2D eigenvalue weighted by molar-refractivity contribution is 7.80. The van der Waals surface area contributed by atoms with Crippen LogP contribution in [0.5, 0.6) is 0 Å². The van der Waals surface area contributed by atoms with Gasteiger partial charge in [-0.3, -0.25) is 0 Å².